The Morgan fingerprint density at radius 2 is 1.67 bits per heavy atom. The lowest BCUT2D eigenvalue weighted by atomic mass is 10.1. The van der Waals surface area contributed by atoms with Gasteiger partial charge in [-0.25, -0.2) is 9.59 Å². The molecule has 0 aromatic rings. The van der Waals surface area contributed by atoms with Gasteiger partial charge in [0.05, 0.1) is 0 Å². The van der Waals surface area contributed by atoms with Crippen LogP contribution in [-0.2, 0) is 4.79 Å². The number of carbonyl (C=O) groups excluding carboxylic acids is 1. The molecule has 0 aromatic carbocycles. The average Bonchev–Trinajstić information content (AvgIpc) is 2.61. The number of rotatable bonds is 5. The molecule has 1 atom stereocenters. The molecule has 1 heterocycles. The zero-order valence-corrected chi connectivity index (χ0v) is 13.8. The van der Waals surface area contributed by atoms with Gasteiger partial charge in [0.15, 0.2) is 0 Å². The first-order valence-corrected chi connectivity index (χ1v) is 8.11. The molecule has 1 aliphatic rings. The molecule has 0 bridgehead atoms. The Labute approximate surface area is 128 Å². The average molecular weight is 298 g/mol. The minimum Gasteiger partial charge on any atom is -0.480 e. The molecule has 1 aliphatic heterocycles. The molecule has 1 unspecified atom stereocenters. The minimum atomic E-state index is -0.876. The standard InChI is InChI=1S/C16H30N2O3/c1-12(2)10-17(11-13(3)4)16(21)18-9-7-5-6-8-14(18)15(19)20/h12-14H,5-11H2,1-4H3,(H,19,20). The molecular formula is C16H30N2O3. The summed E-state index contributed by atoms with van der Waals surface area (Å²) in [6, 6.07) is -0.770. The van der Waals surface area contributed by atoms with Crippen molar-refractivity contribution in [3.05, 3.63) is 0 Å². The van der Waals surface area contributed by atoms with Gasteiger partial charge >= 0.3 is 12.0 Å². The molecule has 0 saturated carbocycles. The van der Waals surface area contributed by atoms with Gasteiger partial charge in [0, 0.05) is 19.6 Å². The molecule has 1 N–H and O–H groups in total. The molecule has 1 fully saturated rings. The van der Waals surface area contributed by atoms with Crippen molar-refractivity contribution in [2.75, 3.05) is 19.6 Å². The largest absolute Gasteiger partial charge is 0.480 e. The fraction of sp³-hybridized carbons (Fsp3) is 0.875. The lowest BCUT2D eigenvalue weighted by Gasteiger charge is -2.35. The third-order valence-electron chi connectivity index (χ3n) is 3.73. The summed E-state index contributed by atoms with van der Waals surface area (Å²) in [7, 11) is 0. The highest BCUT2D eigenvalue weighted by Gasteiger charge is 2.33. The number of carboxylic acid groups (broad SMARTS) is 1. The summed E-state index contributed by atoms with van der Waals surface area (Å²) in [4.78, 5) is 27.7. The van der Waals surface area contributed by atoms with Crippen LogP contribution >= 0.6 is 0 Å². The van der Waals surface area contributed by atoms with Crippen molar-refractivity contribution in [2.24, 2.45) is 11.8 Å². The molecule has 122 valence electrons. The van der Waals surface area contributed by atoms with Crippen molar-refractivity contribution < 1.29 is 14.7 Å². The summed E-state index contributed by atoms with van der Waals surface area (Å²) in [6.45, 7) is 10.2. The Bertz CT molecular complexity index is 345. The third-order valence-corrected chi connectivity index (χ3v) is 3.73. The lowest BCUT2D eigenvalue weighted by molar-refractivity contribution is -0.142. The Morgan fingerprint density at radius 1 is 1.10 bits per heavy atom. The number of amides is 2. The molecular weight excluding hydrogens is 268 g/mol. The van der Waals surface area contributed by atoms with E-state index < -0.39 is 12.0 Å². The van der Waals surface area contributed by atoms with Crippen molar-refractivity contribution in [3.8, 4) is 0 Å². The van der Waals surface area contributed by atoms with E-state index in [-0.39, 0.29) is 6.03 Å². The van der Waals surface area contributed by atoms with E-state index in [9.17, 15) is 14.7 Å². The Kier molecular flexibility index (Phi) is 6.99. The number of carbonyl (C=O) groups is 2. The SMILES string of the molecule is CC(C)CN(CC(C)C)C(=O)N1CCCCCC1C(=O)O. The van der Waals surface area contributed by atoms with E-state index in [1.54, 1.807) is 4.90 Å². The van der Waals surface area contributed by atoms with Gasteiger partial charge in [-0.05, 0) is 24.7 Å². The van der Waals surface area contributed by atoms with Crippen LogP contribution in [0, 0.1) is 11.8 Å². The zero-order valence-electron chi connectivity index (χ0n) is 13.8. The lowest BCUT2D eigenvalue weighted by Crippen LogP contribution is -2.52. The number of urea groups is 1. The van der Waals surface area contributed by atoms with E-state index in [1.165, 1.54) is 0 Å². The van der Waals surface area contributed by atoms with Crippen LogP contribution in [0.4, 0.5) is 4.79 Å². The van der Waals surface area contributed by atoms with Crippen molar-refractivity contribution in [1.29, 1.82) is 0 Å². The maximum absolute atomic E-state index is 12.8. The van der Waals surface area contributed by atoms with Crippen LogP contribution in [0.25, 0.3) is 0 Å². The maximum atomic E-state index is 12.8. The van der Waals surface area contributed by atoms with Crippen molar-refractivity contribution in [3.63, 3.8) is 0 Å². The fourth-order valence-electron chi connectivity index (χ4n) is 2.89. The Morgan fingerprint density at radius 3 is 2.14 bits per heavy atom. The van der Waals surface area contributed by atoms with E-state index in [1.807, 2.05) is 4.90 Å². The molecule has 1 rings (SSSR count). The van der Waals surface area contributed by atoms with E-state index in [4.69, 9.17) is 0 Å². The van der Waals surface area contributed by atoms with Crippen molar-refractivity contribution >= 4 is 12.0 Å². The van der Waals surface area contributed by atoms with Gasteiger partial charge in [-0.2, -0.15) is 0 Å². The van der Waals surface area contributed by atoms with Gasteiger partial charge in [-0.15, -0.1) is 0 Å². The first-order chi connectivity index (χ1) is 9.82. The second-order valence-electron chi connectivity index (χ2n) is 6.87. The highest BCUT2D eigenvalue weighted by molar-refractivity contribution is 5.82. The quantitative estimate of drug-likeness (QED) is 0.848. The van der Waals surface area contributed by atoms with Crippen LogP contribution in [0.1, 0.15) is 53.4 Å². The van der Waals surface area contributed by atoms with Gasteiger partial charge in [0.25, 0.3) is 0 Å². The molecule has 5 heteroatoms. The number of likely N-dealkylation sites (tertiary alicyclic amines) is 1. The van der Waals surface area contributed by atoms with E-state index in [2.05, 4.69) is 27.7 Å². The van der Waals surface area contributed by atoms with Gasteiger partial charge in [0.1, 0.15) is 6.04 Å². The van der Waals surface area contributed by atoms with E-state index >= 15 is 0 Å². The first kappa shape index (κ1) is 17.8. The molecule has 21 heavy (non-hydrogen) atoms. The van der Waals surface area contributed by atoms with Crippen molar-refractivity contribution in [1.82, 2.24) is 9.80 Å². The summed E-state index contributed by atoms with van der Waals surface area (Å²) in [5.74, 6) is -0.120. The maximum Gasteiger partial charge on any atom is 0.326 e. The zero-order chi connectivity index (χ0) is 16.0. The monoisotopic (exact) mass is 298 g/mol. The summed E-state index contributed by atoms with van der Waals surface area (Å²) in [6.07, 6.45) is 3.35. The predicted octanol–water partition coefficient (Wildman–Crippen LogP) is 3.05. The number of hydrogen-bond acceptors (Lipinski definition) is 2. The Balaban J connectivity index is 2.88. The summed E-state index contributed by atoms with van der Waals surface area (Å²) < 4.78 is 0. The number of carboxylic acids is 1. The number of aliphatic carboxylic acids is 1. The second-order valence-corrected chi connectivity index (χ2v) is 6.87. The second kappa shape index (κ2) is 8.25. The predicted molar refractivity (Wildman–Crippen MR) is 83.2 cm³/mol. The van der Waals surface area contributed by atoms with Crippen LogP contribution in [-0.4, -0.2) is 52.6 Å². The van der Waals surface area contributed by atoms with Crippen LogP contribution in [0.15, 0.2) is 0 Å². The molecule has 0 spiro atoms. The smallest absolute Gasteiger partial charge is 0.326 e. The summed E-state index contributed by atoms with van der Waals surface area (Å²) in [5.41, 5.74) is 0. The molecule has 1 saturated heterocycles. The number of nitrogens with zero attached hydrogens (tertiary/aromatic N) is 2. The molecule has 5 nitrogen and oxygen atoms in total. The number of hydrogen-bond donors (Lipinski definition) is 1. The molecule has 0 aromatic heterocycles. The van der Waals surface area contributed by atoms with Crippen LogP contribution in [0.5, 0.6) is 0 Å². The van der Waals surface area contributed by atoms with Crippen LogP contribution < -0.4 is 0 Å². The van der Waals surface area contributed by atoms with Crippen LogP contribution in [0.3, 0.4) is 0 Å². The van der Waals surface area contributed by atoms with Crippen LogP contribution in [0.2, 0.25) is 0 Å². The summed E-state index contributed by atoms with van der Waals surface area (Å²) >= 11 is 0. The molecule has 0 aliphatic carbocycles. The normalized spacial score (nSPS) is 19.7. The van der Waals surface area contributed by atoms with Gasteiger partial charge in [0.2, 0.25) is 0 Å². The topological polar surface area (TPSA) is 60.9 Å². The Hall–Kier alpha value is -1.26. The fourth-order valence-corrected chi connectivity index (χ4v) is 2.89. The first-order valence-electron chi connectivity index (χ1n) is 8.11. The third kappa shape index (κ3) is 5.56. The van der Waals surface area contributed by atoms with E-state index in [0.717, 1.165) is 19.3 Å². The van der Waals surface area contributed by atoms with Crippen molar-refractivity contribution in [2.45, 2.75) is 59.4 Å². The van der Waals surface area contributed by atoms with Gasteiger partial charge < -0.3 is 14.9 Å². The van der Waals surface area contributed by atoms with E-state index in [0.29, 0.717) is 37.9 Å². The van der Waals surface area contributed by atoms with Gasteiger partial charge in [-0.3, -0.25) is 0 Å². The van der Waals surface area contributed by atoms with Gasteiger partial charge in [-0.1, -0.05) is 40.5 Å². The molecule has 0 radical (unpaired) electrons. The highest BCUT2D eigenvalue weighted by Crippen LogP contribution is 2.20. The highest BCUT2D eigenvalue weighted by atomic mass is 16.4. The molecule has 2 amide bonds. The summed E-state index contributed by atoms with van der Waals surface area (Å²) in [5, 5.41) is 9.42. The minimum absolute atomic E-state index is 0.105.